The van der Waals surface area contributed by atoms with Gasteiger partial charge in [0.25, 0.3) is 0 Å². The van der Waals surface area contributed by atoms with E-state index in [-0.39, 0.29) is 5.82 Å². The fourth-order valence-corrected chi connectivity index (χ4v) is 1.78. The number of aromatic nitrogens is 1. The second-order valence-corrected chi connectivity index (χ2v) is 3.59. The van der Waals surface area contributed by atoms with Crippen molar-refractivity contribution >= 4 is 10.9 Å². The summed E-state index contributed by atoms with van der Waals surface area (Å²) < 4.78 is 18.5. The van der Waals surface area contributed by atoms with Crippen molar-refractivity contribution in [2.75, 3.05) is 7.11 Å². The largest absolute Gasteiger partial charge is 0.496 e. The van der Waals surface area contributed by atoms with Crippen LogP contribution in [0.3, 0.4) is 0 Å². The third kappa shape index (κ3) is 1.54. The van der Waals surface area contributed by atoms with Crippen LogP contribution < -0.4 is 4.74 Å². The maximum absolute atomic E-state index is 13.3. The molecule has 0 spiro atoms. The van der Waals surface area contributed by atoms with Gasteiger partial charge in [0.05, 0.1) is 12.6 Å². The van der Waals surface area contributed by atoms with Gasteiger partial charge in [0, 0.05) is 17.1 Å². The summed E-state index contributed by atoms with van der Waals surface area (Å²) in [5.74, 6) is 0.438. The zero-order chi connectivity index (χ0) is 11.0. The fraction of sp³-hybridized carbons (Fsp3) is 0.250. The first-order valence-electron chi connectivity index (χ1n) is 4.73. The molecule has 78 valence electrons. The van der Waals surface area contributed by atoms with Gasteiger partial charge in [-0.25, -0.2) is 4.39 Å². The molecule has 0 unspecified atom stereocenters. The molecule has 0 N–H and O–H groups in total. The first kappa shape index (κ1) is 9.90. The van der Waals surface area contributed by atoms with Crippen molar-refractivity contribution in [3.05, 3.63) is 35.3 Å². The van der Waals surface area contributed by atoms with Crippen LogP contribution in [0.1, 0.15) is 11.1 Å². The Balaban J connectivity index is 2.91. The van der Waals surface area contributed by atoms with Crippen LogP contribution in [0, 0.1) is 19.7 Å². The van der Waals surface area contributed by atoms with Crippen LogP contribution in [0.5, 0.6) is 5.75 Å². The Morgan fingerprint density at radius 2 is 1.93 bits per heavy atom. The van der Waals surface area contributed by atoms with Crippen LogP contribution in [-0.4, -0.2) is 12.1 Å². The fourth-order valence-electron chi connectivity index (χ4n) is 1.78. The van der Waals surface area contributed by atoms with Crippen LogP contribution in [-0.2, 0) is 0 Å². The van der Waals surface area contributed by atoms with Gasteiger partial charge >= 0.3 is 0 Å². The van der Waals surface area contributed by atoms with E-state index >= 15 is 0 Å². The third-order valence-electron chi connectivity index (χ3n) is 2.46. The maximum Gasteiger partial charge on any atom is 0.132 e. The average molecular weight is 205 g/mol. The number of nitrogens with zero attached hydrogens (tertiary/aromatic N) is 1. The Labute approximate surface area is 87.7 Å². The molecule has 1 aromatic carbocycles. The van der Waals surface area contributed by atoms with Gasteiger partial charge in [-0.05, 0) is 31.5 Å². The molecule has 0 aliphatic rings. The number of rotatable bonds is 1. The number of hydrogen-bond acceptors (Lipinski definition) is 2. The molecule has 0 fully saturated rings. The van der Waals surface area contributed by atoms with Crippen molar-refractivity contribution in [3.8, 4) is 5.75 Å². The Kier molecular flexibility index (Phi) is 2.31. The van der Waals surface area contributed by atoms with Gasteiger partial charge in [0.15, 0.2) is 0 Å². The summed E-state index contributed by atoms with van der Waals surface area (Å²) in [6.45, 7) is 3.73. The number of hydrogen-bond donors (Lipinski definition) is 0. The molecule has 1 heterocycles. The van der Waals surface area contributed by atoms with Gasteiger partial charge in [-0.2, -0.15) is 0 Å². The SMILES string of the molecule is COc1c(C)cnc2c(C)cc(F)cc12. The van der Waals surface area contributed by atoms with E-state index in [9.17, 15) is 4.39 Å². The van der Waals surface area contributed by atoms with Crippen LogP contribution in [0.25, 0.3) is 10.9 Å². The summed E-state index contributed by atoms with van der Waals surface area (Å²) in [4.78, 5) is 4.28. The van der Waals surface area contributed by atoms with Crippen molar-refractivity contribution < 1.29 is 9.13 Å². The highest BCUT2D eigenvalue weighted by molar-refractivity contribution is 5.88. The second-order valence-electron chi connectivity index (χ2n) is 3.59. The number of halogens is 1. The first-order valence-corrected chi connectivity index (χ1v) is 4.73. The minimum atomic E-state index is -0.259. The summed E-state index contributed by atoms with van der Waals surface area (Å²) in [6, 6.07) is 2.94. The maximum atomic E-state index is 13.3. The number of pyridine rings is 1. The zero-order valence-electron chi connectivity index (χ0n) is 8.97. The molecule has 2 aromatic rings. The molecule has 0 amide bonds. The van der Waals surface area contributed by atoms with Gasteiger partial charge in [-0.15, -0.1) is 0 Å². The molecule has 0 aliphatic carbocycles. The predicted octanol–water partition coefficient (Wildman–Crippen LogP) is 3.00. The highest BCUT2D eigenvalue weighted by Gasteiger charge is 2.09. The van der Waals surface area contributed by atoms with Crippen LogP contribution >= 0.6 is 0 Å². The predicted molar refractivity (Wildman–Crippen MR) is 57.7 cm³/mol. The van der Waals surface area contributed by atoms with Crippen LogP contribution in [0.4, 0.5) is 4.39 Å². The lowest BCUT2D eigenvalue weighted by Crippen LogP contribution is -1.93. The lowest BCUT2D eigenvalue weighted by molar-refractivity contribution is 0.416. The van der Waals surface area contributed by atoms with Crippen molar-refractivity contribution in [1.29, 1.82) is 0 Å². The van der Waals surface area contributed by atoms with Gasteiger partial charge in [-0.3, -0.25) is 4.98 Å². The van der Waals surface area contributed by atoms with Gasteiger partial charge in [0.1, 0.15) is 11.6 Å². The van der Waals surface area contributed by atoms with E-state index in [1.807, 2.05) is 13.8 Å². The molecule has 0 bridgehead atoms. The molecule has 0 saturated heterocycles. The van der Waals surface area contributed by atoms with Crippen molar-refractivity contribution in [1.82, 2.24) is 4.98 Å². The Morgan fingerprint density at radius 1 is 1.20 bits per heavy atom. The molecule has 15 heavy (non-hydrogen) atoms. The summed E-state index contributed by atoms with van der Waals surface area (Å²) >= 11 is 0. The first-order chi connectivity index (χ1) is 7.13. The molecule has 3 heteroatoms. The number of methoxy groups -OCH3 is 1. The van der Waals surface area contributed by atoms with Crippen LogP contribution in [0.15, 0.2) is 18.3 Å². The van der Waals surface area contributed by atoms with E-state index in [0.717, 1.165) is 22.0 Å². The van der Waals surface area contributed by atoms with Gasteiger partial charge < -0.3 is 4.74 Å². The molecule has 0 radical (unpaired) electrons. The summed E-state index contributed by atoms with van der Waals surface area (Å²) in [6.07, 6.45) is 1.74. The molecule has 0 aliphatic heterocycles. The monoisotopic (exact) mass is 205 g/mol. The molecular weight excluding hydrogens is 193 g/mol. The third-order valence-corrected chi connectivity index (χ3v) is 2.46. The molecule has 2 nitrogen and oxygen atoms in total. The average Bonchev–Trinajstić information content (AvgIpc) is 2.17. The highest BCUT2D eigenvalue weighted by Crippen LogP contribution is 2.29. The van der Waals surface area contributed by atoms with E-state index in [2.05, 4.69) is 4.98 Å². The van der Waals surface area contributed by atoms with E-state index < -0.39 is 0 Å². The number of aryl methyl sites for hydroxylation is 2. The van der Waals surface area contributed by atoms with Gasteiger partial charge in [-0.1, -0.05) is 0 Å². The summed E-state index contributed by atoms with van der Waals surface area (Å²) in [5.41, 5.74) is 2.53. The minimum absolute atomic E-state index is 0.259. The van der Waals surface area contributed by atoms with Crippen molar-refractivity contribution in [2.45, 2.75) is 13.8 Å². The Morgan fingerprint density at radius 3 is 2.60 bits per heavy atom. The van der Waals surface area contributed by atoms with E-state index in [1.54, 1.807) is 13.3 Å². The zero-order valence-corrected chi connectivity index (χ0v) is 8.97. The number of ether oxygens (including phenoxy) is 1. The highest BCUT2D eigenvalue weighted by atomic mass is 19.1. The molecule has 0 saturated carbocycles. The standard InChI is InChI=1S/C12H12FNO/c1-7-4-9(13)5-10-11(7)14-6-8(2)12(10)15-3/h4-6H,1-3H3. The lowest BCUT2D eigenvalue weighted by Gasteiger charge is -2.09. The summed E-state index contributed by atoms with van der Waals surface area (Å²) in [5, 5.41) is 0.731. The normalized spacial score (nSPS) is 10.7. The Bertz CT molecular complexity index is 523. The smallest absolute Gasteiger partial charge is 0.132 e. The van der Waals surface area contributed by atoms with Crippen LogP contribution in [0.2, 0.25) is 0 Å². The quantitative estimate of drug-likeness (QED) is 0.714. The topological polar surface area (TPSA) is 22.1 Å². The van der Waals surface area contributed by atoms with E-state index in [1.165, 1.54) is 12.1 Å². The molecule has 2 rings (SSSR count). The Hall–Kier alpha value is -1.64. The number of benzene rings is 1. The summed E-state index contributed by atoms with van der Waals surface area (Å²) in [7, 11) is 1.59. The molecule has 0 atom stereocenters. The van der Waals surface area contributed by atoms with E-state index in [0.29, 0.717) is 5.75 Å². The van der Waals surface area contributed by atoms with Crippen molar-refractivity contribution in [2.24, 2.45) is 0 Å². The minimum Gasteiger partial charge on any atom is -0.496 e. The number of fused-ring (bicyclic) bond motifs is 1. The van der Waals surface area contributed by atoms with Gasteiger partial charge in [0.2, 0.25) is 0 Å². The lowest BCUT2D eigenvalue weighted by atomic mass is 10.1. The van der Waals surface area contributed by atoms with Crippen molar-refractivity contribution in [3.63, 3.8) is 0 Å². The molecular formula is C12H12FNO. The molecule has 1 aromatic heterocycles. The second kappa shape index (κ2) is 3.50. The van der Waals surface area contributed by atoms with E-state index in [4.69, 9.17) is 4.74 Å².